The lowest BCUT2D eigenvalue weighted by atomic mass is 10.1. The van der Waals surface area contributed by atoms with Crippen LogP contribution in [0.2, 0.25) is 0 Å². The van der Waals surface area contributed by atoms with Gasteiger partial charge < -0.3 is 59.1 Å². The maximum absolute atomic E-state index is 12.4. The van der Waals surface area contributed by atoms with Gasteiger partial charge in [-0.2, -0.15) is 0 Å². The highest BCUT2D eigenvalue weighted by atomic mass is 16.6. The summed E-state index contributed by atoms with van der Waals surface area (Å²) in [6.07, 6.45) is -4.57. The highest BCUT2D eigenvalue weighted by Crippen LogP contribution is 2.15. The first-order valence-corrected chi connectivity index (χ1v) is 23.8. The van der Waals surface area contributed by atoms with Crippen LogP contribution in [0.5, 0.6) is 0 Å². The van der Waals surface area contributed by atoms with Crippen LogP contribution in [0.15, 0.2) is 97.1 Å². The Hall–Kier alpha value is -10.5. The van der Waals surface area contributed by atoms with Gasteiger partial charge in [-0.05, 0) is 137 Å². The number of carbonyl (C=O) groups is 16. The van der Waals surface area contributed by atoms with Crippen molar-refractivity contribution in [2.75, 3.05) is 0 Å². The topological polar surface area (TPSA) is 450 Å². The van der Waals surface area contributed by atoms with Crippen molar-refractivity contribution >= 4 is 95.5 Å². The van der Waals surface area contributed by atoms with E-state index in [9.17, 15) is 76.7 Å². The third-order valence-electron chi connectivity index (χ3n) is 9.96. The molecule has 434 valence electrons. The molecule has 4 rings (SSSR count). The van der Waals surface area contributed by atoms with Crippen LogP contribution in [-0.4, -0.2) is 138 Å². The molecule has 0 aliphatic carbocycles. The largest absolute Gasteiger partial charge is 0.479 e. The van der Waals surface area contributed by atoms with Gasteiger partial charge in [0.05, 0.1) is 57.3 Å². The zero-order chi connectivity index (χ0) is 61.6. The van der Waals surface area contributed by atoms with Crippen LogP contribution in [0.4, 0.5) is 0 Å². The second-order valence-electron chi connectivity index (χ2n) is 16.4. The molecule has 0 saturated carbocycles. The number of esters is 12. The fourth-order valence-electron chi connectivity index (χ4n) is 5.54. The van der Waals surface area contributed by atoms with E-state index in [1.807, 2.05) is 0 Å². The van der Waals surface area contributed by atoms with Crippen LogP contribution >= 0.6 is 0 Å². The summed E-state index contributed by atoms with van der Waals surface area (Å²) in [7, 11) is 0. The van der Waals surface area contributed by atoms with E-state index in [1.54, 1.807) is 0 Å². The standard InChI is InChI=1S/C48H38O22.2C3H6O3/c49-35(65-43(59)29-13-9-27(10-14-29)41(55)56)5-1-3-7-37(51)67-45(61)31-17-21-33(22-18-31)47(63)69-39(53)25-26-40(54)70-48(64)34-23-19-32(20-24-34)46(62)68-38(52)8-4-2-6-36(50)66-44(60)30-15-11-28(12-16-30)42(57)58;2*1-2(4)3(5)6/h9-24H,1-8,25-26H2,(H,55,56)(H,57,58);2*2,4H,1H3,(H,5,6). The molecular weight excluding hydrogens is 1100 g/mol. The van der Waals surface area contributed by atoms with E-state index in [1.165, 1.54) is 62.4 Å². The number of rotatable bonds is 23. The Kier molecular flexibility index (Phi) is 28.4. The molecule has 28 heteroatoms. The summed E-state index contributed by atoms with van der Waals surface area (Å²) in [4.78, 5) is 187. The van der Waals surface area contributed by atoms with Crippen LogP contribution in [0.3, 0.4) is 0 Å². The Balaban J connectivity index is 0.00000172. The fourth-order valence-corrected chi connectivity index (χ4v) is 5.54. The summed E-state index contributed by atoms with van der Waals surface area (Å²) in [6, 6.07) is 18.2. The molecule has 0 radical (unpaired) electrons. The molecule has 2 atom stereocenters. The lowest BCUT2D eigenvalue weighted by Gasteiger charge is -2.06. The number of aliphatic hydroxyl groups excluding tert-OH is 2. The van der Waals surface area contributed by atoms with Gasteiger partial charge >= 0.3 is 95.5 Å². The Bertz CT molecular complexity index is 2820. The number of benzene rings is 4. The van der Waals surface area contributed by atoms with Gasteiger partial charge in [-0.1, -0.05) is 0 Å². The van der Waals surface area contributed by atoms with Crippen molar-refractivity contribution in [2.45, 2.75) is 90.3 Å². The van der Waals surface area contributed by atoms with Gasteiger partial charge in [-0.3, -0.25) is 28.8 Å². The summed E-state index contributed by atoms with van der Waals surface area (Å²) in [5.74, 6) is -17.3. The summed E-state index contributed by atoms with van der Waals surface area (Å²) >= 11 is 0. The van der Waals surface area contributed by atoms with Crippen molar-refractivity contribution in [3.63, 3.8) is 0 Å². The van der Waals surface area contributed by atoms with Gasteiger partial charge in [0.15, 0.2) is 0 Å². The second kappa shape index (κ2) is 34.4. The minimum Gasteiger partial charge on any atom is -0.479 e. The van der Waals surface area contributed by atoms with Gasteiger partial charge in [0, 0.05) is 25.7 Å². The van der Waals surface area contributed by atoms with E-state index < -0.39 is 121 Å². The monoisotopic (exact) mass is 1150 g/mol. The molecule has 0 spiro atoms. The highest BCUT2D eigenvalue weighted by Gasteiger charge is 2.22. The Labute approximate surface area is 462 Å². The van der Waals surface area contributed by atoms with Gasteiger partial charge in [-0.15, -0.1) is 0 Å². The summed E-state index contributed by atoms with van der Waals surface area (Å²) in [5.41, 5.74) is -0.939. The Morgan fingerprint density at radius 3 is 0.549 bits per heavy atom. The van der Waals surface area contributed by atoms with Crippen molar-refractivity contribution in [2.24, 2.45) is 0 Å². The summed E-state index contributed by atoms with van der Waals surface area (Å²) < 4.78 is 28.2. The molecule has 4 aromatic rings. The van der Waals surface area contributed by atoms with Crippen LogP contribution in [-0.2, 0) is 66.8 Å². The van der Waals surface area contributed by atoms with Crippen LogP contribution < -0.4 is 0 Å². The molecule has 0 bridgehead atoms. The quantitative estimate of drug-likeness (QED) is 0.0263. The fraction of sp³-hybridized carbons (Fsp3) is 0.259. The normalized spacial score (nSPS) is 10.8. The van der Waals surface area contributed by atoms with Gasteiger partial charge in [0.25, 0.3) is 0 Å². The number of hydrogen-bond acceptors (Lipinski definition) is 24. The molecule has 0 aliphatic heterocycles. The Morgan fingerprint density at radius 1 is 0.280 bits per heavy atom. The van der Waals surface area contributed by atoms with Gasteiger partial charge in [0.2, 0.25) is 0 Å². The lowest BCUT2D eigenvalue weighted by Crippen LogP contribution is -2.17. The number of aliphatic carboxylic acids is 2. The first-order chi connectivity index (χ1) is 38.6. The molecule has 0 saturated heterocycles. The zero-order valence-electron chi connectivity index (χ0n) is 43.1. The number of carboxylic acids is 4. The van der Waals surface area contributed by atoms with E-state index >= 15 is 0 Å². The van der Waals surface area contributed by atoms with Crippen molar-refractivity contribution in [1.29, 1.82) is 0 Å². The average molecular weight is 1150 g/mol. The number of carboxylic acid groups (broad SMARTS) is 4. The summed E-state index contributed by atoms with van der Waals surface area (Å²) in [6.45, 7) is 2.39. The smallest absolute Gasteiger partial charge is 0.345 e. The number of unbranched alkanes of at least 4 members (excludes halogenated alkanes) is 2. The number of aliphatic hydroxyl groups is 2. The lowest BCUT2D eigenvalue weighted by molar-refractivity contribution is -0.146. The molecule has 0 aliphatic rings. The molecule has 2 unspecified atom stereocenters. The van der Waals surface area contributed by atoms with Gasteiger partial charge in [0.1, 0.15) is 12.2 Å². The number of ether oxygens (including phenoxy) is 6. The number of aromatic carboxylic acids is 2. The minimum atomic E-state index is -1.23. The maximum Gasteiger partial charge on any atom is 0.345 e. The molecule has 82 heavy (non-hydrogen) atoms. The minimum absolute atomic E-state index is 0.0445. The second-order valence-corrected chi connectivity index (χ2v) is 16.4. The summed E-state index contributed by atoms with van der Waals surface area (Å²) in [5, 5.41) is 49.4. The molecule has 4 aromatic carbocycles. The predicted octanol–water partition coefficient (Wildman–Crippen LogP) is 4.09. The first kappa shape index (κ1) is 67.6. The van der Waals surface area contributed by atoms with Crippen molar-refractivity contribution in [1.82, 2.24) is 0 Å². The van der Waals surface area contributed by atoms with Crippen LogP contribution in [0.1, 0.15) is 161 Å². The van der Waals surface area contributed by atoms with E-state index in [0.29, 0.717) is 0 Å². The van der Waals surface area contributed by atoms with Crippen molar-refractivity contribution < 1.29 is 136 Å². The van der Waals surface area contributed by atoms with Crippen molar-refractivity contribution in [3.8, 4) is 0 Å². The third kappa shape index (κ3) is 25.8. The number of hydrogen-bond donors (Lipinski definition) is 6. The molecule has 0 heterocycles. The van der Waals surface area contributed by atoms with E-state index in [2.05, 4.69) is 9.47 Å². The molecule has 0 fully saturated rings. The average Bonchev–Trinajstić information content (AvgIpc) is 3.43. The van der Waals surface area contributed by atoms with E-state index in [-0.39, 0.29) is 95.9 Å². The predicted molar refractivity (Wildman–Crippen MR) is 267 cm³/mol. The van der Waals surface area contributed by atoms with Gasteiger partial charge in [-0.25, -0.2) is 47.9 Å². The van der Waals surface area contributed by atoms with Crippen LogP contribution in [0, 0.1) is 0 Å². The highest BCUT2D eigenvalue weighted by molar-refractivity contribution is 6.03. The molecular formula is C54H50O28. The maximum atomic E-state index is 12.4. The Morgan fingerprint density at radius 2 is 0.415 bits per heavy atom. The first-order valence-electron chi connectivity index (χ1n) is 23.8. The van der Waals surface area contributed by atoms with Crippen LogP contribution in [0.25, 0.3) is 0 Å². The number of carbonyl (C=O) groups excluding carboxylic acids is 12. The van der Waals surface area contributed by atoms with E-state index in [4.69, 9.17) is 49.6 Å². The SMILES string of the molecule is CC(O)C(=O)O.CC(O)C(=O)O.O=C(CCCCC(=O)OC(=O)c1ccc(C(=O)OC(=O)CCC(=O)OC(=O)c2ccc(C(=O)OC(=O)CCCCC(=O)OC(=O)c3ccc(C(=O)O)cc3)cc2)cc1)OC(=O)c1ccc(C(=O)O)cc1. The van der Waals surface area contributed by atoms with E-state index in [0.717, 1.165) is 48.5 Å². The molecule has 6 N–H and O–H groups in total. The molecule has 0 amide bonds. The molecule has 28 nitrogen and oxygen atoms in total. The zero-order valence-corrected chi connectivity index (χ0v) is 43.1. The molecule has 0 aromatic heterocycles. The third-order valence-corrected chi connectivity index (χ3v) is 9.96. The van der Waals surface area contributed by atoms with Crippen molar-refractivity contribution in [3.05, 3.63) is 142 Å².